The van der Waals surface area contributed by atoms with Crippen LogP contribution in [0.2, 0.25) is 5.02 Å². The predicted molar refractivity (Wildman–Crippen MR) is 84.4 cm³/mol. The van der Waals surface area contributed by atoms with E-state index in [-0.39, 0.29) is 5.89 Å². The third-order valence-electron chi connectivity index (χ3n) is 4.02. The van der Waals surface area contributed by atoms with Crippen molar-refractivity contribution >= 4 is 11.6 Å². The van der Waals surface area contributed by atoms with Crippen LogP contribution in [0, 0.1) is 0 Å². The molecule has 8 heteroatoms. The van der Waals surface area contributed by atoms with Gasteiger partial charge in [-0.2, -0.15) is 0 Å². The van der Waals surface area contributed by atoms with Crippen molar-refractivity contribution in [3.05, 3.63) is 41.4 Å². The second-order valence-electron chi connectivity index (χ2n) is 5.43. The first-order valence-electron chi connectivity index (χ1n) is 7.39. The molecule has 1 saturated heterocycles. The molecule has 1 aliphatic rings. The van der Waals surface area contributed by atoms with Crippen LogP contribution in [0.4, 0.5) is 0 Å². The Morgan fingerprint density at radius 3 is 2.83 bits per heavy atom. The van der Waals surface area contributed by atoms with Gasteiger partial charge in [-0.05, 0) is 12.1 Å². The summed E-state index contributed by atoms with van der Waals surface area (Å²) in [6.07, 6.45) is 2.12. The molecule has 0 amide bonds. The lowest BCUT2D eigenvalue weighted by Crippen LogP contribution is -2.29. The molecule has 7 nitrogen and oxygen atoms in total. The maximum Gasteiger partial charge on any atom is 0.269 e. The van der Waals surface area contributed by atoms with Gasteiger partial charge in [0.05, 0.1) is 23.8 Å². The topological polar surface area (TPSA) is 83.4 Å². The molecule has 124 valence electrons. The number of nitrogens with zero attached hydrogens (tertiary/aromatic N) is 3. The summed E-state index contributed by atoms with van der Waals surface area (Å²) in [5, 5.41) is 8.69. The van der Waals surface area contributed by atoms with Gasteiger partial charge in [-0.25, -0.2) is 4.98 Å². The average molecular weight is 348 g/mol. The van der Waals surface area contributed by atoms with Crippen LogP contribution < -0.4 is 0 Å². The highest BCUT2D eigenvalue weighted by Crippen LogP contribution is 2.35. The van der Waals surface area contributed by atoms with E-state index in [1.165, 1.54) is 6.26 Å². The fraction of sp³-hybridized carbons (Fsp3) is 0.312. The molecule has 0 spiro atoms. The van der Waals surface area contributed by atoms with Gasteiger partial charge in [0.1, 0.15) is 6.26 Å². The fourth-order valence-electron chi connectivity index (χ4n) is 2.60. The van der Waals surface area contributed by atoms with Crippen molar-refractivity contribution in [3.8, 4) is 23.0 Å². The highest BCUT2D eigenvalue weighted by Gasteiger charge is 2.42. The average Bonchev–Trinajstić information content (AvgIpc) is 3.34. The van der Waals surface area contributed by atoms with Crippen molar-refractivity contribution in [2.45, 2.75) is 12.0 Å². The van der Waals surface area contributed by atoms with Crippen LogP contribution in [-0.2, 0) is 15.1 Å². The van der Waals surface area contributed by atoms with Gasteiger partial charge in [-0.1, -0.05) is 23.7 Å². The number of methoxy groups -OCH3 is 1. The van der Waals surface area contributed by atoms with E-state index < -0.39 is 5.60 Å². The number of hydrogen-bond donors (Lipinski definition) is 0. The molecule has 24 heavy (non-hydrogen) atoms. The van der Waals surface area contributed by atoms with Crippen LogP contribution in [0.3, 0.4) is 0 Å². The Morgan fingerprint density at radius 2 is 2.08 bits per heavy atom. The zero-order valence-corrected chi connectivity index (χ0v) is 13.6. The molecule has 0 radical (unpaired) electrons. The molecule has 0 bridgehead atoms. The molecule has 1 fully saturated rings. The smallest absolute Gasteiger partial charge is 0.269 e. The van der Waals surface area contributed by atoms with Gasteiger partial charge >= 0.3 is 0 Å². The minimum absolute atomic E-state index is 0.260. The molecule has 3 heterocycles. The third-order valence-corrected chi connectivity index (χ3v) is 4.35. The zero-order chi connectivity index (χ0) is 16.6. The van der Waals surface area contributed by atoms with Crippen molar-refractivity contribution in [2.75, 3.05) is 20.3 Å². The number of rotatable bonds is 4. The van der Waals surface area contributed by atoms with Crippen LogP contribution >= 0.6 is 11.6 Å². The molecule has 0 N–H and O–H groups in total. The number of halogens is 1. The number of aromatic nitrogens is 3. The second kappa shape index (κ2) is 6.01. The second-order valence-corrected chi connectivity index (χ2v) is 5.84. The Labute approximate surface area is 142 Å². The van der Waals surface area contributed by atoms with Crippen LogP contribution in [0.15, 0.2) is 39.4 Å². The molecule has 3 aromatic rings. The summed E-state index contributed by atoms with van der Waals surface area (Å²) in [4.78, 5) is 4.38. The molecular formula is C16H14ClN3O4. The van der Waals surface area contributed by atoms with E-state index >= 15 is 0 Å². The Hall–Kier alpha value is -2.22. The Kier molecular flexibility index (Phi) is 3.84. The van der Waals surface area contributed by atoms with Crippen LogP contribution in [0.5, 0.6) is 0 Å². The first-order chi connectivity index (χ1) is 11.7. The van der Waals surface area contributed by atoms with Crippen molar-refractivity contribution < 1.29 is 18.3 Å². The highest BCUT2D eigenvalue weighted by molar-refractivity contribution is 6.33. The van der Waals surface area contributed by atoms with Gasteiger partial charge in [0.25, 0.3) is 11.8 Å². The van der Waals surface area contributed by atoms with Gasteiger partial charge in [0, 0.05) is 13.5 Å². The van der Waals surface area contributed by atoms with Gasteiger partial charge in [-0.3, -0.25) is 0 Å². The molecule has 0 aliphatic carbocycles. The fourth-order valence-corrected chi connectivity index (χ4v) is 2.82. The maximum absolute atomic E-state index is 6.16. The van der Waals surface area contributed by atoms with E-state index in [4.69, 9.17) is 29.9 Å². The summed E-state index contributed by atoms with van der Waals surface area (Å²) in [7, 11) is 1.60. The van der Waals surface area contributed by atoms with E-state index in [2.05, 4.69) is 15.2 Å². The summed E-state index contributed by atoms with van der Waals surface area (Å²) < 4.78 is 22.2. The number of benzene rings is 1. The lowest BCUT2D eigenvalue weighted by Gasteiger charge is -2.20. The molecule has 0 saturated carbocycles. The van der Waals surface area contributed by atoms with Gasteiger partial charge in [0.15, 0.2) is 11.3 Å². The Bertz CT molecular complexity index is 854. The van der Waals surface area contributed by atoms with Crippen LogP contribution in [-0.4, -0.2) is 35.5 Å². The van der Waals surface area contributed by atoms with E-state index in [9.17, 15) is 0 Å². The lowest BCUT2D eigenvalue weighted by atomic mass is 10.0. The first-order valence-corrected chi connectivity index (χ1v) is 7.77. The van der Waals surface area contributed by atoms with E-state index in [1.807, 2.05) is 18.2 Å². The zero-order valence-electron chi connectivity index (χ0n) is 12.9. The predicted octanol–water partition coefficient (Wildman–Crippen LogP) is 3.31. The summed E-state index contributed by atoms with van der Waals surface area (Å²) >= 11 is 6.16. The third kappa shape index (κ3) is 2.50. The van der Waals surface area contributed by atoms with Crippen molar-refractivity contribution in [3.63, 3.8) is 0 Å². The SMILES string of the molecule is COC1(c2nnc(-c3coc(-c4ccccc4Cl)n3)o2)CCOC1. The molecule has 2 aromatic heterocycles. The molecule has 4 rings (SSSR count). The minimum atomic E-state index is -0.694. The van der Waals surface area contributed by atoms with E-state index in [1.54, 1.807) is 13.2 Å². The molecule has 1 aromatic carbocycles. The quantitative estimate of drug-likeness (QED) is 0.715. The van der Waals surface area contributed by atoms with Gasteiger partial charge in [-0.15, -0.1) is 10.2 Å². The highest BCUT2D eigenvalue weighted by atomic mass is 35.5. The van der Waals surface area contributed by atoms with E-state index in [0.29, 0.717) is 47.7 Å². The molecule has 1 atom stereocenters. The first kappa shape index (κ1) is 15.3. The number of ether oxygens (including phenoxy) is 2. The Balaban J connectivity index is 1.65. The summed E-state index contributed by atoms with van der Waals surface area (Å²) in [6, 6.07) is 7.30. The van der Waals surface area contributed by atoms with Crippen molar-refractivity contribution in [2.24, 2.45) is 0 Å². The van der Waals surface area contributed by atoms with Crippen LogP contribution in [0.1, 0.15) is 12.3 Å². The monoisotopic (exact) mass is 347 g/mol. The largest absolute Gasteiger partial charge is 0.444 e. The molecule has 1 unspecified atom stereocenters. The lowest BCUT2D eigenvalue weighted by molar-refractivity contribution is -0.0407. The van der Waals surface area contributed by atoms with Gasteiger partial charge < -0.3 is 18.3 Å². The summed E-state index contributed by atoms with van der Waals surface area (Å²) in [5.41, 5.74) is 0.442. The van der Waals surface area contributed by atoms with Crippen molar-refractivity contribution in [1.29, 1.82) is 0 Å². The molecular weight excluding hydrogens is 334 g/mol. The Morgan fingerprint density at radius 1 is 1.21 bits per heavy atom. The van der Waals surface area contributed by atoms with Gasteiger partial charge in [0.2, 0.25) is 5.89 Å². The molecule has 1 aliphatic heterocycles. The van der Waals surface area contributed by atoms with Crippen LogP contribution in [0.25, 0.3) is 23.0 Å². The summed E-state index contributed by atoms with van der Waals surface area (Å²) in [6.45, 7) is 0.973. The maximum atomic E-state index is 6.16. The number of hydrogen-bond acceptors (Lipinski definition) is 7. The minimum Gasteiger partial charge on any atom is -0.444 e. The standard InChI is InChI=1S/C16H14ClN3O4/c1-21-16(6-7-22-9-16)15-20-19-14(24-15)12-8-23-13(18-12)10-4-2-3-5-11(10)17/h2-5,8H,6-7,9H2,1H3. The van der Waals surface area contributed by atoms with E-state index in [0.717, 1.165) is 0 Å². The van der Waals surface area contributed by atoms with Crippen molar-refractivity contribution in [1.82, 2.24) is 15.2 Å². The normalized spacial score (nSPS) is 20.6. The summed E-state index contributed by atoms with van der Waals surface area (Å²) in [5.74, 6) is 1.02. The number of oxazole rings is 1.